The lowest BCUT2D eigenvalue weighted by atomic mass is 10.0. The summed E-state index contributed by atoms with van der Waals surface area (Å²) < 4.78 is 1.62. The molecule has 1 heterocycles. The standard InChI is InChI=1S/C11H19N3O/c1-5-8(4)9-6-14(7(2)3)11(15)13-10(9)12/h6-8H,5H2,1-4H3,(H2,12,13,15). The van der Waals surface area contributed by atoms with Gasteiger partial charge in [-0.15, -0.1) is 0 Å². The number of hydrogen-bond donors (Lipinski definition) is 1. The van der Waals surface area contributed by atoms with Crippen molar-refractivity contribution in [3.8, 4) is 0 Å². The Balaban J connectivity index is 3.29. The smallest absolute Gasteiger partial charge is 0.349 e. The molecule has 0 bridgehead atoms. The first kappa shape index (κ1) is 11.8. The summed E-state index contributed by atoms with van der Waals surface area (Å²) in [5.74, 6) is 0.703. The van der Waals surface area contributed by atoms with Crippen LogP contribution in [-0.2, 0) is 0 Å². The number of rotatable bonds is 3. The van der Waals surface area contributed by atoms with Gasteiger partial charge in [0, 0.05) is 17.8 Å². The molecule has 1 unspecified atom stereocenters. The Morgan fingerprint density at radius 2 is 2.07 bits per heavy atom. The van der Waals surface area contributed by atoms with E-state index in [-0.39, 0.29) is 11.7 Å². The maximum atomic E-state index is 11.5. The van der Waals surface area contributed by atoms with Gasteiger partial charge in [-0.3, -0.25) is 4.57 Å². The van der Waals surface area contributed by atoms with Crippen LogP contribution in [0.1, 0.15) is 51.6 Å². The molecule has 0 aromatic carbocycles. The van der Waals surface area contributed by atoms with E-state index < -0.39 is 0 Å². The third-order valence-electron chi connectivity index (χ3n) is 2.71. The number of hydrogen-bond acceptors (Lipinski definition) is 3. The average molecular weight is 209 g/mol. The first-order chi connectivity index (χ1) is 6.97. The average Bonchev–Trinajstić information content (AvgIpc) is 2.16. The summed E-state index contributed by atoms with van der Waals surface area (Å²) in [6, 6.07) is 0.119. The van der Waals surface area contributed by atoms with Crippen LogP contribution in [0.15, 0.2) is 11.0 Å². The molecular formula is C11H19N3O. The minimum absolute atomic E-state index is 0.119. The molecule has 84 valence electrons. The van der Waals surface area contributed by atoms with Crippen molar-refractivity contribution in [1.82, 2.24) is 9.55 Å². The quantitative estimate of drug-likeness (QED) is 0.827. The zero-order valence-corrected chi connectivity index (χ0v) is 9.82. The number of aromatic nitrogens is 2. The molecule has 0 saturated carbocycles. The molecule has 2 N–H and O–H groups in total. The number of nitrogens with two attached hydrogens (primary N) is 1. The molecule has 0 saturated heterocycles. The molecule has 0 aliphatic heterocycles. The van der Waals surface area contributed by atoms with Gasteiger partial charge in [0.1, 0.15) is 5.82 Å². The second-order valence-corrected chi connectivity index (χ2v) is 4.17. The topological polar surface area (TPSA) is 60.9 Å². The maximum absolute atomic E-state index is 11.5. The molecule has 0 aliphatic carbocycles. The van der Waals surface area contributed by atoms with Crippen molar-refractivity contribution in [3.63, 3.8) is 0 Å². The van der Waals surface area contributed by atoms with Crippen LogP contribution in [0.5, 0.6) is 0 Å². The van der Waals surface area contributed by atoms with Crippen molar-refractivity contribution >= 4 is 5.82 Å². The molecule has 0 amide bonds. The van der Waals surface area contributed by atoms with Gasteiger partial charge in [0.15, 0.2) is 0 Å². The number of anilines is 1. The molecule has 0 spiro atoms. The van der Waals surface area contributed by atoms with Crippen LogP contribution in [0, 0.1) is 0 Å². The second kappa shape index (κ2) is 4.47. The lowest BCUT2D eigenvalue weighted by Crippen LogP contribution is -2.26. The third-order valence-corrected chi connectivity index (χ3v) is 2.71. The van der Waals surface area contributed by atoms with Crippen LogP contribution in [0.4, 0.5) is 5.82 Å². The summed E-state index contributed by atoms with van der Waals surface area (Å²) in [7, 11) is 0. The summed E-state index contributed by atoms with van der Waals surface area (Å²) in [4.78, 5) is 15.4. The van der Waals surface area contributed by atoms with E-state index in [9.17, 15) is 4.79 Å². The minimum atomic E-state index is -0.269. The zero-order chi connectivity index (χ0) is 11.6. The highest BCUT2D eigenvalue weighted by molar-refractivity contribution is 5.39. The van der Waals surface area contributed by atoms with Crippen molar-refractivity contribution in [3.05, 3.63) is 22.2 Å². The first-order valence-corrected chi connectivity index (χ1v) is 5.35. The Morgan fingerprint density at radius 3 is 2.53 bits per heavy atom. The molecule has 0 aliphatic rings. The second-order valence-electron chi connectivity index (χ2n) is 4.17. The summed E-state index contributed by atoms with van der Waals surface area (Å²) in [6.07, 6.45) is 2.83. The molecule has 0 radical (unpaired) electrons. The van der Waals surface area contributed by atoms with E-state index in [0.717, 1.165) is 12.0 Å². The summed E-state index contributed by atoms with van der Waals surface area (Å²) in [5.41, 5.74) is 6.44. The third kappa shape index (κ3) is 2.37. The molecular weight excluding hydrogens is 190 g/mol. The predicted molar refractivity (Wildman–Crippen MR) is 62.0 cm³/mol. The lowest BCUT2D eigenvalue weighted by molar-refractivity contribution is 0.554. The van der Waals surface area contributed by atoms with Gasteiger partial charge < -0.3 is 5.73 Å². The van der Waals surface area contributed by atoms with E-state index in [2.05, 4.69) is 18.8 Å². The Kier molecular flexibility index (Phi) is 3.50. The van der Waals surface area contributed by atoms with Gasteiger partial charge in [0.05, 0.1) is 0 Å². The highest BCUT2D eigenvalue weighted by Gasteiger charge is 2.12. The molecule has 4 nitrogen and oxygen atoms in total. The fraction of sp³-hybridized carbons (Fsp3) is 0.636. The first-order valence-electron chi connectivity index (χ1n) is 5.35. The van der Waals surface area contributed by atoms with Gasteiger partial charge >= 0.3 is 5.69 Å². The summed E-state index contributed by atoms with van der Waals surface area (Å²) in [6.45, 7) is 8.09. The Labute approximate surface area is 90.1 Å². The molecule has 1 atom stereocenters. The largest absolute Gasteiger partial charge is 0.383 e. The predicted octanol–water partition coefficient (Wildman–Crippen LogP) is 1.92. The SMILES string of the molecule is CCC(C)c1cn(C(C)C)c(=O)nc1N. The van der Waals surface area contributed by atoms with Crippen molar-refractivity contribution in [2.45, 2.75) is 46.1 Å². The van der Waals surface area contributed by atoms with Crippen LogP contribution in [0.25, 0.3) is 0 Å². The van der Waals surface area contributed by atoms with Crippen LogP contribution < -0.4 is 11.4 Å². The highest BCUT2D eigenvalue weighted by atomic mass is 16.1. The molecule has 4 heteroatoms. The Morgan fingerprint density at radius 1 is 1.47 bits per heavy atom. The van der Waals surface area contributed by atoms with E-state index >= 15 is 0 Å². The lowest BCUT2D eigenvalue weighted by Gasteiger charge is -2.15. The summed E-state index contributed by atoms with van der Waals surface area (Å²) >= 11 is 0. The zero-order valence-electron chi connectivity index (χ0n) is 9.82. The van der Waals surface area contributed by atoms with E-state index in [0.29, 0.717) is 11.7 Å². The van der Waals surface area contributed by atoms with Gasteiger partial charge in [-0.2, -0.15) is 4.98 Å². The van der Waals surface area contributed by atoms with Crippen LogP contribution in [0.3, 0.4) is 0 Å². The van der Waals surface area contributed by atoms with Gasteiger partial charge in [-0.25, -0.2) is 4.79 Å². The van der Waals surface area contributed by atoms with E-state index in [1.165, 1.54) is 0 Å². The number of nitrogen functional groups attached to an aromatic ring is 1. The molecule has 15 heavy (non-hydrogen) atoms. The van der Waals surface area contributed by atoms with Crippen LogP contribution >= 0.6 is 0 Å². The van der Waals surface area contributed by atoms with Crippen LogP contribution in [-0.4, -0.2) is 9.55 Å². The fourth-order valence-electron chi connectivity index (χ4n) is 1.47. The van der Waals surface area contributed by atoms with E-state index in [4.69, 9.17) is 5.73 Å². The van der Waals surface area contributed by atoms with Crippen molar-refractivity contribution in [2.75, 3.05) is 5.73 Å². The van der Waals surface area contributed by atoms with Gasteiger partial charge in [0.2, 0.25) is 0 Å². The number of nitrogens with zero attached hydrogens (tertiary/aromatic N) is 2. The Bertz CT molecular complexity index is 395. The van der Waals surface area contributed by atoms with E-state index in [1.54, 1.807) is 4.57 Å². The van der Waals surface area contributed by atoms with Gasteiger partial charge in [-0.1, -0.05) is 13.8 Å². The monoisotopic (exact) mass is 209 g/mol. The van der Waals surface area contributed by atoms with E-state index in [1.807, 2.05) is 20.0 Å². The minimum Gasteiger partial charge on any atom is -0.383 e. The highest BCUT2D eigenvalue weighted by Crippen LogP contribution is 2.22. The molecule has 0 fully saturated rings. The molecule has 1 rings (SSSR count). The summed E-state index contributed by atoms with van der Waals surface area (Å²) in [5, 5.41) is 0. The normalized spacial score (nSPS) is 13.1. The van der Waals surface area contributed by atoms with Crippen molar-refractivity contribution < 1.29 is 0 Å². The van der Waals surface area contributed by atoms with Gasteiger partial charge in [0.25, 0.3) is 0 Å². The maximum Gasteiger partial charge on any atom is 0.349 e. The van der Waals surface area contributed by atoms with Crippen molar-refractivity contribution in [1.29, 1.82) is 0 Å². The molecule has 1 aromatic heterocycles. The van der Waals surface area contributed by atoms with Crippen molar-refractivity contribution in [2.24, 2.45) is 0 Å². The molecule has 1 aromatic rings. The van der Waals surface area contributed by atoms with Crippen LogP contribution in [0.2, 0.25) is 0 Å². The fourth-order valence-corrected chi connectivity index (χ4v) is 1.47. The van der Waals surface area contributed by atoms with Gasteiger partial charge in [-0.05, 0) is 26.2 Å². The Hall–Kier alpha value is -1.32.